The molecule has 1 amide bonds. The van der Waals surface area contributed by atoms with Crippen LogP contribution >= 0.6 is 0 Å². The van der Waals surface area contributed by atoms with Gasteiger partial charge in [0.2, 0.25) is 5.95 Å². The Morgan fingerprint density at radius 1 is 1.12 bits per heavy atom. The van der Waals surface area contributed by atoms with Crippen molar-refractivity contribution in [1.29, 1.82) is 0 Å². The third-order valence-corrected chi connectivity index (χ3v) is 4.61. The molecule has 0 aliphatic carbocycles. The number of nitrogens with zero attached hydrogens (tertiary/aromatic N) is 5. The van der Waals surface area contributed by atoms with E-state index >= 15 is 0 Å². The number of rotatable bonds is 4. The lowest BCUT2D eigenvalue weighted by atomic mass is 10.2. The molecule has 0 bridgehead atoms. The van der Waals surface area contributed by atoms with Gasteiger partial charge in [-0.25, -0.2) is 9.97 Å². The summed E-state index contributed by atoms with van der Waals surface area (Å²) >= 11 is 0. The van der Waals surface area contributed by atoms with E-state index in [9.17, 15) is 4.79 Å². The number of carbonyl (C=O) groups excluding carboxylic acids is 1. The van der Waals surface area contributed by atoms with Crippen molar-refractivity contribution < 1.29 is 4.79 Å². The van der Waals surface area contributed by atoms with Crippen molar-refractivity contribution in [2.45, 2.75) is 13.8 Å². The monoisotopic (exact) mass is 339 g/mol. The first-order chi connectivity index (χ1) is 12.1. The van der Waals surface area contributed by atoms with Crippen LogP contribution in [0.1, 0.15) is 23.1 Å². The van der Waals surface area contributed by atoms with Gasteiger partial charge in [0.25, 0.3) is 5.91 Å². The van der Waals surface area contributed by atoms with Gasteiger partial charge < -0.3 is 14.7 Å². The molecule has 6 nitrogen and oxygen atoms in total. The Labute approximate surface area is 149 Å². The maximum absolute atomic E-state index is 12.9. The summed E-state index contributed by atoms with van der Waals surface area (Å²) < 4.78 is 0. The standard InChI is InChI=1S/C19H25N5O/c1-4-23-10-12-24(13-11-23)18(25)17-14-15(2)20-19(21-17)22(3)16-8-6-5-7-9-16/h5-9,14H,4,10-13H2,1-3H3. The zero-order chi connectivity index (χ0) is 17.8. The van der Waals surface area contributed by atoms with Crippen LogP contribution in [0.25, 0.3) is 0 Å². The molecule has 0 atom stereocenters. The van der Waals surface area contributed by atoms with Gasteiger partial charge in [0.15, 0.2) is 0 Å². The molecule has 1 fully saturated rings. The van der Waals surface area contributed by atoms with E-state index in [0.717, 1.165) is 44.1 Å². The van der Waals surface area contributed by atoms with Crippen molar-refractivity contribution >= 4 is 17.5 Å². The smallest absolute Gasteiger partial charge is 0.272 e. The van der Waals surface area contributed by atoms with Crippen LogP contribution in [0.3, 0.4) is 0 Å². The van der Waals surface area contributed by atoms with Crippen molar-refractivity contribution in [2.24, 2.45) is 0 Å². The highest BCUT2D eigenvalue weighted by molar-refractivity contribution is 5.92. The number of likely N-dealkylation sites (N-methyl/N-ethyl adjacent to an activating group) is 1. The Balaban J connectivity index is 1.81. The van der Waals surface area contributed by atoms with E-state index in [0.29, 0.717) is 11.6 Å². The molecule has 1 aliphatic rings. The molecule has 25 heavy (non-hydrogen) atoms. The minimum atomic E-state index is -0.0102. The lowest BCUT2D eigenvalue weighted by Gasteiger charge is -2.34. The van der Waals surface area contributed by atoms with Gasteiger partial charge in [0.05, 0.1) is 0 Å². The average molecular weight is 339 g/mol. The molecule has 6 heteroatoms. The fourth-order valence-electron chi connectivity index (χ4n) is 3.01. The third-order valence-electron chi connectivity index (χ3n) is 4.61. The van der Waals surface area contributed by atoms with Crippen molar-refractivity contribution in [3.05, 3.63) is 47.8 Å². The number of aromatic nitrogens is 2. The van der Waals surface area contributed by atoms with Gasteiger partial charge in [0, 0.05) is 44.6 Å². The molecule has 0 spiro atoms. The summed E-state index contributed by atoms with van der Waals surface area (Å²) in [5.41, 5.74) is 2.25. The first-order valence-corrected chi connectivity index (χ1v) is 8.74. The highest BCUT2D eigenvalue weighted by Crippen LogP contribution is 2.20. The molecule has 2 heterocycles. The maximum atomic E-state index is 12.9. The molecular weight excluding hydrogens is 314 g/mol. The largest absolute Gasteiger partial charge is 0.335 e. The number of carbonyl (C=O) groups is 1. The molecule has 0 saturated carbocycles. The molecule has 132 valence electrons. The van der Waals surface area contributed by atoms with E-state index in [1.807, 2.05) is 54.1 Å². The number of hydrogen-bond donors (Lipinski definition) is 0. The molecule has 0 N–H and O–H groups in total. The summed E-state index contributed by atoms with van der Waals surface area (Å²) in [4.78, 5) is 28.0. The normalized spacial score (nSPS) is 15.2. The van der Waals surface area contributed by atoms with Crippen LogP contribution in [0.4, 0.5) is 11.6 Å². The molecule has 2 aromatic rings. The van der Waals surface area contributed by atoms with Crippen molar-refractivity contribution in [3.63, 3.8) is 0 Å². The number of anilines is 2. The molecule has 0 unspecified atom stereocenters. The SMILES string of the molecule is CCN1CCN(C(=O)c2cc(C)nc(N(C)c3ccccc3)n2)CC1. The lowest BCUT2D eigenvalue weighted by molar-refractivity contribution is 0.0637. The van der Waals surface area contributed by atoms with E-state index < -0.39 is 0 Å². The van der Waals surface area contributed by atoms with Gasteiger partial charge in [-0.2, -0.15) is 0 Å². The fraction of sp³-hybridized carbons (Fsp3) is 0.421. The molecule has 1 aliphatic heterocycles. The van der Waals surface area contributed by atoms with Crippen LogP contribution in [0.5, 0.6) is 0 Å². The number of piperazine rings is 1. The number of hydrogen-bond acceptors (Lipinski definition) is 5. The Bertz CT molecular complexity index is 726. The molecule has 0 radical (unpaired) electrons. The Kier molecular flexibility index (Phi) is 5.28. The van der Waals surface area contributed by atoms with Crippen LogP contribution in [0.2, 0.25) is 0 Å². The Morgan fingerprint density at radius 3 is 2.44 bits per heavy atom. The second-order valence-electron chi connectivity index (χ2n) is 6.32. The lowest BCUT2D eigenvalue weighted by Crippen LogP contribution is -2.48. The van der Waals surface area contributed by atoms with Crippen LogP contribution in [-0.2, 0) is 0 Å². The number of amides is 1. The fourth-order valence-corrected chi connectivity index (χ4v) is 3.01. The van der Waals surface area contributed by atoms with Gasteiger partial charge in [-0.3, -0.25) is 4.79 Å². The van der Waals surface area contributed by atoms with Crippen molar-refractivity contribution in [2.75, 3.05) is 44.7 Å². The summed E-state index contributed by atoms with van der Waals surface area (Å²) in [5, 5.41) is 0. The minimum Gasteiger partial charge on any atom is -0.335 e. The van der Waals surface area contributed by atoms with Gasteiger partial charge in [0.1, 0.15) is 5.69 Å². The van der Waals surface area contributed by atoms with E-state index in [2.05, 4.69) is 21.8 Å². The van der Waals surface area contributed by atoms with Gasteiger partial charge >= 0.3 is 0 Å². The van der Waals surface area contributed by atoms with Crippen LogP contribution < -0.4 is 4.90 Å². The second kappa shape index (κ2) is 7.61. The van der Waals surface area contributed by atoms with Crippen LogP contribution in [0, 0.1) is 6.92 Å². The maximum Gasteiger partial charge on any atom is 0.272 e. The third kappa shape index (κ3) is 3.96. The summed E-state index contributed by atoms with van der Waals surface area (Å²) in [6.07, 6.45) is 0. The number of aryl methyl sites for hydroxylation is 1. The first kappa shape index (κ1) is 17.4. The van der Waals surface area contributed by atoms with Gasteiger partial charge in [-0.1, -0.05) is 25.1 Å². The quantitative estimate of drug-likeness (QED) is 0.856. The number of benzene rings is 1. The zero-order valence-corrected chi connectivity index (χ0v) is 15.1. The first-order valence-electron chi connectivity index (χ1n) is 8.74. The van der Waals surface area contributed by atoms with Crippen LogP contribution in [-0.4, -0.2) is 65.4 Å². The molecule has 1 saturated heterocycles. The summed E-state index contributed by atoms with van der Waals surface area (Å²) in [7, 11) is 1.92. The second-order valence-corrected chi connectivity index (χ2v) is 6.32. The predicted molar refractivity (Wildman–Crippen MR) is 99.3 cm³/mol. The molecule has 3 rings (SSSR count). The topological polar surface area (TPSA) is 52.6 Å². The molecule has 1 aromatic heterocycles. The predicted octanol–water partition coefficient (Wildman–Crippen LogP) is 2.33. The van der Waals surface area contributed by atoms with E-state index in [4.69, 9.17) is 0 Å². The Morgan fingerprint density at radius 2 is 1.80 bits per heavy atom. The summed E-state index contributed by atoms with van der Waals surface area (Å²) in [6, 6.07) is 11.7. The Hall–Kier alpha value is -2.47. The highest BCUT2D eigenvalue weighted by atomic mass is 16.2. The molecule has 1 aromatic carbocycles. The minimum absolute atomic E-state index is 0.0102. The van der Waals surface area contributed by atoms with Gasteiger partial charge in [-0.05, 0) is 31.7 Å². The molecular formula is C19H25N5O. The van der Waals surface area contributed by atoms with E-state index in [1.54, 1.807) is 6.07 Å². The summed E-state index contributed by atoms with van der Waals surface area (Å²) in [6.45, 7) is 8.42. The average Bonchev–Trinajstić information content (AvgIpc) is 2.67. The van der Waals surface area contributed by atoms with E-state index in [-0.39, 0.29) is 5.91 Å². The zero-order valence-electron chi connectivity index (χ0n) is 15.1. The van der Waals surface area contributed by atoms with Crippen molar-refractivity contribution in [1.82, 2.24) is 19.8 Å². The number of para-hydroxylation sites is 1. The van der Waals surface area contributed by atoms with E-state index in [1.165, 1.54) is 0 Å². The van der Waals surface area contributed by atoms with Gasteiger partial charge in [-0.15, -0.1) is 0 Å². The van der Waals surface area contributed by atoms with Crippen LogP contribution in [0.15, 0.2) is 36.4 Å². The van der Waals surface area contributed by atoms with Crippen molar-refractivity contribution in [3.8, 4) is 0 Å². The highest BCUT2D eigenvalue weighted by Gasteiger charge is 2.23. The summed E-state index contributed by atoms with van der Waals surface area (Å²) in [5.74, 6) is 0.533.